The maximum Gasteiger partial charge on any atom is 0.110 e. The Morgan fingerprint density at radius 1 is 0.636 bits per heavy atom. The molecule has 33 heavy (non-hydrogen) atoms. The standard InChI is InChI=1S/C23H20.C5H12O5/c1-3-9-18(10-4-1)15-21-17-20-13-7-8-14-22(20)23(21)16-19-11-5-2-6-12-19;6-1-3(8)5(10)4(9)2-7/h1-14,17,23H,15-16H2;3-10H,1-2H2. The first-order chi connectivity index (χ1) is 16.0. The number of aliphatic hydroxyl groups excluding tert-OH is 5. The summed E-state index contributed by atoms with van der Waals surface area (Å²) in [7, 11) is 0. The maximum atomic E-state index is 8.77. The van der Waals surface area contributed by atoms with Gasteiger partial charge in [0.15, 0.2) is 0 Å². The van der Waals surface area contributed by atoms with Gasteiger partial charge in [0.05, 0.1) is 13.2 Å². The number of fused-ring (bicyclic) bond motifs is 1. The Morgan fingerprint density at radius 2 is 1.15 bits per heavy atom. The first-order valence-corrected chi connectivity index (χ1v) is 11.2. The minimum absolute atomic E-state index is 0.494. The summed E-state index contributed by atoms with van der Waals surface area (Å²) < 4.78 is 0. The molecule has 0 saturated heterocycles. The summed E-state index contributed by atoms with van der Waals surface area (Å²) in [6.45, 7) is -1.28. The van der Waals surface area contributed by atoms with Crippen molar-refractivity contribution in [1.82, 2.24) is 0 Å². The van der Waals surface area contributed by atoms with Crippen molar-refractivity contribution in [3.05, 3.63) is 113 Å². The van der Waals surface area contributed by atoms with E-state index in [0.717, 1.165) is 12.8 Å². The van der Waals surface area contributed by atoms with E-state index in [0.29, 0.717) is 5.92 Å². The molecular weight excluding hydrogens is 416 g/mol. The van der Waals surface area contributed by atoms with Gasteiger partial charge < -0.3 is 25.5 Å². The molecule has 0 fully saturated rings. The Hall–Kier alpha value is -2.80. The fourth-order valence-electron chi connectivity index (χ4n) is 4.03. The molecule has 3 atom stereocenters. The van der Waals surface area contributed by atoms with Crippen LogP contribution in [0, 0.1) is 0 Å². The van der Waals surface area contributed by atoms with E-state index >= 15 is 0 Å². The zero-order chi connectivity index (χ0) is 23.6. The lowest BCUT2D eigenvalue weighted by atomic mass is 9.86. The molecule has 0 saturated carbocycles. The average molecular weight is 449 g/mol. The van der Waals surface area contributed by atoms with Crippen molar-refractivity contribution in [1.29, 1.82) is 0 Å². The third kappa shape index (κ3) is 6.84. The van der Waals surface area contributed by atoms with Crippen LogP contribution in [0.4, 0.5) is 0 Å². The smallest absolute Gasteiger partial charge is 0.110 e. The molecule has 5 N–H and O–H groups in total. The van der Waals surface area contributed by atoms with E-state index in [4.69, 9.17) is 25.5 Å². The van der Waals surface area contributed by atoms with Gasteiger partial charge in [-0.15, -0.1) is 0 Å². The van der Waals surface area contributed by atoms with Crippen molar-refractivity contribution in [2.45, 2.75) is 37.1 Å². The third-order valence-electron chi connectivity index (χ3n) is 5.86. The highest BCUT2D eigenvalue weighted by atomic mass is 16.4. The van der Waals surface area contributed by atoms with E-state index in [1.807, 2.05) is 0 Å². The maximum absolute atomic E-state index is 8.77. The predicted molar refractivity (Wildman–Crippen MR) is 130 cm³/mol. The average Bonchev–Trinajstić information content (AvgIpc) is 3.20. The molecule has 1 aliphatic carbocycles. The van der Waals surface area contributed by atoms with E-state index in [9.17, 15) is 0 Å². The van der Waals surface area contributed by atoms with Gasteiger partial charge >= 0.3 is 0 Å². The normalized spacial score (nSPS) is 17.2. The topological polar surface area (TPSA) is 101 Å². The molecule has 0 spiro atoms. The van der Waals surface area contributed by atoms with Gasteiger partial charge in [-0.2, -0.15) is 0 Å². The highest BCUT2D eigenvalue weighted by Crippen LogP contribution is 2.39. The minimum atomic E-state index is -1.49. The molecule has 5 nitrogen and oxygen atoms in total. The Bertz CT molecular complexity index is 993. The van der Waals surface area contributed by atoms with Crippen LogP contribution in [0.5, 0.6) is 0 Å². The summed E-state index contributed by atoms with van der Waals surface area (Å²) >= 11 is 0. The van der Waals surface area contributed by atoms with Crippen molar-refractivity contribution in [3.63, 3.8) is 0 Å². The van der Waals surface area contributed by atoms with Crippen molar-refractivity contribution >= 4 is 6.08 Å². The van der Waals surface area contributed by atoms with Gasteiger partial charge in [-0.3, -0.25) is 0 Å². The molecular formula is C28H32O5. The second kappa shape index (κ2) is 12.4. The Labute approximate surface area is 194 Å². The fraction of sp³-hybridized carbons (Fsp3) is 0.286. The minimum Gasteiger partial charge on any atom is -0.394 e. The largest absolute Gasteiger partial charge is 0.394 e. The van der Waals surface area contributed by atoms with Gasteiger partial charge in [0.1, 0.15) is 18.3 Å². The zero-order valence-electron chi connectivity index (χ0n) is 18.5. The monoisotopic (exact) mass is 448 g/mol. The number of hydrogen-bond acceptors (Lipinski definition) is 5. The second-order valence-corrected chi connectivity index (χ2v) is 8.24. The van der Waals surface area contributed by atoms with Crippen molar-refractivity contribution < 1.29 is 25.5 Å². The summed E-state index contributed by atoms with van der Waals surface area (Å²) in [6, 6.07) is 30.5. The van der Waals surface area contributed by atoms with Gasteiger partial charge in [0.2, 0.25) is 0 Å². The van der Waals surface area contributed by atoms with Crippen LogP contribution < -0.4 is 0 Å². The van der Waals surface area contributed by atoms with Crippen molar-refractivity contribution in [2.75, 3.05) is 13.2 Å². The van der Waals surface area contributed by atoms with Crippen LogP contribution in [-0.2, 0) is 12.8 Å². The third-order valence-corrected chi connectivity index (χ3v) is 5.86. The summed E-state index contributed by atoms with van der Waals surface area (Å²) in [4.78, 5) is 0. The van der Waals surface area contributed by atoms with E-state index in [-0.39, 0.29) is 0 Å². The SMILES string of the molecule is C1=C(Cc2ccccc2)C(Cc2ccccc2)c2ccccc21.OCC(O)C(O)C(O)CO. The molecule has 5 heteroatoms. The highest BCUT2D eigenvalue weighted by molar-refractivity contribution is 5.67. The highest BCUT2D eigenvalue weighted by Gasteiger charge is 2.25. The van der Waals surface area contributed by atoms with Gasteiger partial charge in [0, 0.05) is 5.92 Å². The molecule has 3 aromatic rings. The second-order valence-electron chi connectivity index (χ2n) is 8.24. The summed E-state index contributed by atoms with van der Waals surface area (Å²) in [5.41, 5.74) is 7.20. The zero-order valence-corrected chi connectivity index (χ0v) is 18.5. The van der Waals surface area contributed by atoms with Crippen LogP contribution in [0.2, 0.25) is 0 Å². The summed E-state index contributed by atoms with van der Waals surface area (Å²) in [6.07, 6.45) is 0.221. The van der Waals surface area contributed by atoms with Gasteiger partial charge in [0.25, 0.3) is 0 Å². The molecule has 1 aliphatic rings. The molecule has 174 valence electrons. The molecule has 0 aromatic heterocycles. The lowest BCUT2D eigenvalue weighted by Crippen LogP contribution is -2.41. The molecule has 0 bridgehead atoms. The van der Waals surface area contributed by atoms with Crippen molar-refractivity contribution in [3.8, 4) is 0 Å². The van der Waals surface area contributed by atoms with Crippen LogP contribution in [-0.4, -0.2) is 57.1 Å². The molecule has 4 rings (SSSR count). The van der Waals surface area contributed by atoms with E-state index in [1.54, 1.807) is 0 Å². The lowest BCUT2D eigenvalue weighted by Gasteiger charge is -2.19. The van der Waals surface area contributed by atoms with Crippen LogP contribution in [0.15, 0.2) is 90.5 Å². The van der Waals surface area contributed by atoms with Crippen LogP contribution in [0.3, 0.4) is 0 Å². The Balaban J connectivity index is 0.000000262. The number of benzene rings is 3. The quantitative estimate of drug-likeness (QED) is 0.365. The van der Waals surface area contributed by atoms with E-state index in [1.165, 1.54) is 27.8 Å². The van der Waals surface area contributed by atoms with E-state index < -0.39 is 31.5 Å². The summed E-state index contributed by atoms with van der Waals surface area (Å²) in [5.74, 6) is 0.494. The van der Waals surface area contributed by atoms with Crippen LogP contribution in [0.1, 0.15) is 28.2 Å². The number of rotatable bonds is 8. The number of aliphatic hydroxyl groups is 5. The predicted octanol–water partition coefficient (Wildman–Crippen LogP) is 2.71. The molecule has 3 aromatic carbocycles. The molecule has 0 aliphatic heterocycles. The molecule has 3 unspecified atom stereocenters. The van der Waals surface area contributed by atoms with Gasteiger partial charge in [-0.1, -0.05) is 96.6 Å². The number of hydrogen-bond donors (Lipinski definition) is 5. The number of allylic oxidation sites excluding steroid dienone is 1. The van der Waals surface area contributed by atoms with E-state index in [2.05, 4.69) is 91.0 Å². The Morgan fingerprint density at radius 3 is 1.73 bits per heavy atom. The Kier molecular flexibility index (Phi) is 9.36. The lowest BCUT2D eigenvalue weighted by molar-refractivity contribution is -0.0900. The van der Waals surface area contributed by atoms with Crippen LogP contribution >= 0.6 is 0 Å². The van der Waals surface area contributed by atoms with Gasteiger partial charge in [-0.25, -0.2) is 0 Å². The van der Waals surface area contributed by atoms with Crippen LogP contribution in [0.25, 0.3) is 6.08 Å². The van der Waals surface area contributed by atoms with Crippen molar-refractivity contribution in [2.24, 2.45) is 0 Å². The molecule has 0 heterocycles. The summed E-state index contributed by atoms with van der Waals surface area (Å²) in [5, 5.41) is 42.6. The first-order valence-electron chi connectivity index (χ1n) is 11.2. The molecule has 0 radical (unpaired) electrons. The fourth-order valence-corrected chi connectivity index (χ4v) is 4.03. The molecule has 0 amide bonds. The first kappa shape index (κ1) is 24.8. The van der Waals surface area contributed by atoms with Gasteiger partial charge in [-0.05, 0) is 35.1 Å².